The largest absolute Gasteiger partial charge is 0.356 e. The minimum Gasteiger partial charge on any atom is -0.356 e. The van der Waals surface area contributed by atoms with Gasteiger partial charge in [0, 0.05) is 52.4 Å². The third-order valence-electron chi connectivity index (χ3n) is 6.39. The fourth-order valence-electron chi connectivity index (χ4n) is 4.34. The van der Waals surface area contributed by atoms with Gasteiger partial charge < -0.3 is 15.5 Å². The van der Waals surface area contributed by atoms with Gasteiger partial charge in [-0.25, -0.2) is 0 Å². The number of amides is 1. The zero-order valence-electron chi connectivity index (χ0n) is 21.0. The number of guanidine groups is 1. The first-order chi connectivity index (χ1) is 16.0. The number of nitrogens with zero attached hydrogens (tertiary/aromatic N) is 3. The summed E-state index contributed by atoms with van der Waals surface area (Å²) in [5.74, 6) is 0.816. The van der Waals surface area contributed by atoms with E-state index in [0.29, 0.717) is 6.04 Å². The molecule has 34 heavy (non-hydrogen) atoms. The van der Waals surface area contributed by atoms with Gasteiger partial charge >= 0.3 is 0 Å². The van der Waals surface area contributed by atoms with Crippen LogP contribution in [0.15, 0.2) is 53.5 Å². The number of hydrogen-bond donors (Lipinski definition) is 2. The van der Waals surface area contributed by atoms with Crippen LogP contribution in [0.5, 0.6) is 0 Å². The summed E-state index contributed by atoms with van der Waals surface area (Å²) >= 11 is 0. The normalized spacial score (nSPS) is 16.5. The summed E-state index contributed by atoms with van der Waals surface area (Å²) in [4.78, 5) is 20.8. The Balaban J connectivity index is 0.00000408. The lowest BCUT2D eigenvalue weighted by Crippen LogP contribution is -2.39. The average molecular weight is 578 g/mol. The first-order valence-corrected chi connectivity index (χ1v) is 12.0. The summed E-state index contributed by atoms with van der Waals surface area (Å²) < 4.78 is 0. The standard InChI is InChI=1S/C27H39N5O.HI/c1-21-10-7-8-17-32(21)20-25-13-6-5-12-24(25)19-30-27(28-2)29-16-15-22-11-9-14-23(18-22)26(33)31(3)4;/h5-6,9,11-14,18,21H,7-8,10,15-17,19-20H2,1-4H3,(H2,28,29,30);1H. The maximum absolute atomic E-state index is 12.2. The number of carbonyl (C=O) groups is 1. The van der Waals surface area contributed by atoms with Crippen LogP contribution in [0.4, 0.5) is 0 Å². The Morgan fingerprint density at radius 1 is 1.09 bits per heavy atom. The van der Waals surface area contributed by atoms with Crippen LogP contribution in [0.3, 0.4) is 0 Å². The van der Waals surface area contributed by atoms with Crippen molar-refractivity contribution in [3.05, 3.63) is 70.8 Å². The van der Waals surface area contributed by atoms with Crippen molar-refractivity contribution in [3.8, 4) is 0 Å². The molecule has 1 amide bonds. The number of piperidine rings is 1. The van der Waals surface area contributed by atoms with E-state index in [9.17, 15) is 4.79 Å². The molecular weight excluding hydrogens is 537 g/mol. The summed E-state index contributed by atoms with van der Waals surface area (Å²) in [6.45, 7) is 6.02. The Morgan fingerprint density at radius 3 is 2.56 bits per heavy atom. The third kappa shape index (κ3) is 8.27. The molecule has 1 saturated heterocycles. The molecule has 1 heterocycles. The molecule has 0 spiro atoms. The number of likely N-dealkylation sites (tertiary alicyclic amines) is 1. The molecule has 1 fully saturated rings. The fraction of sp³-hybridized carbons (Fsp3) is 0.481. The van der Waals surface area contributed by atoms with Gasteiger partial charge in [0.2, 0.25) is 0 Å². The van der Waals surface area contributed by atoms with Crippen molar-refractivity contribution >= 4 is 35.8 Å². The maximum Gasteiger partial charge on any atom is 0.253 e. The highest BCUT2D eigenvalue weighted by atomic mass is 127. The topological polar surface area (TPSA) is 60.0 Å². The minimum absolute atomic E-state index is 0. The van der Waals surface area contributed by atoms with Gasteiger partial charge in [-0.05, 0) is 61.6 Å². The van der Waals surface area contributed by atoms with Crippen molar-refractivity contribution in [2.45, 2.75) is 51.7 Å². The van der Waals surface area contributed by atoms with E-state index < -0.39 is 0 Å². The van der Waals surface area contributed by atoms with Crippen molar-refractivity contribution in [2.24, 2.45) is 4.99 Å². The maximum atomic E-state index is 12.2. The smallest absolute Gasteiger partial charge is 0.253 e. The molecule has 0 bridgehead atoms. The van der Waals surface area contributed by atoms with E-state index in [-0.39, 0.29) is 29.9 Å². The van der Waals surface area contributed by atoms with Crippen LogP contribution in [0.1, 0.15) is 53.2 Å². The van der Waals surface area contributed by atoms with Crippen LogP contribution in [0.2, 0.25) is 0 Å². The molecule has 2 N–H and O–H groups in total. The van der Waals surface area contributed by atoms with E-state index >= 15 is 0 Å². The highest BCUT2D eigenvalue weighted by molar-refractivity contribution is 14.0. The first-order valence-electron chi connectivity index (χ1n) is 12.0. The molecule has 2 aromatic rings. The van der Waals surface area contributed by atoms with Crippen LogP contribution >= 0.6 is 24.0 Å². The van der Waals surface area contributed by atoms with Gasteiger partial charge in [-0.2, -0.15) is 0 Å². The van der Waals surface area contributed by atoms with Crippen LogP contribution in [-0.2, 0) is 19.5 Å². The van der Waals surface area contributed by atoms with Crippen LogP contribution in [0, 0.1) is 0 Å². The average Bonchev–Trinajstić information content (AvgIpc) is 2.83. The van der Waals surface area contributed by atoms with Gasteiger partial charge in [0.15, 0.2) is 5.96 Å². The Bertz CT molecular complexity index is 946. The van der Waals surface area contributed by atoms with Crippen LogP contribution < -0.4 is 10.6 Å². The molecular formula is C27H40IN5O. The number of aliphatic imine (C=N–C) groups is 1. The summed E-state index contributed by atoms with van der Waals surface area (Å²) in [7, 11) is 5.35. The van der Waals surface area contributed by atoms with Gasteiger partial charge in [0.25, 0.3) is 5.91 Å². The molecule has 2 aromatic carbocycles. The summed E-state index contributed by atoms with van der Waals surface area (Å²) in [5.41, 5.74) is 4.55. The molecule has 1 aliphatic rings. The van der Waals surface area contributed by atoms with Gasteiger partial charge in [-0.3, -0.25) is 14.7 Å². The van der Waals surface area contributed by atoms with E-state index in [0.717, 1.165) is 43.1 Å². The SMILES string of the molecule is CN=C(NCCc1cccc(C(=O)N(C)C)c1)NCc1ccccc1CN1CCCCC1C.I. The Kier molecular flexibility index (Phi) is 11.8. The van der Waals surface area contributed by atoms with E-state index in [1.165, 1.54) is 36.9 Å². The molecule has 0 radical (unpaired) electrons. The summed E-state index contributed by atoms with van der Waals surface area (Å²) in [6, 6.07) is 17.2. The Hall–Kier alpha value is -2.13. The highest BCUT2D eigenvalue weighted by Gasteiger charge is 2.19. The number of hydrogen-bond acceptors (Lipinski definition) is 3. The molecule has 1 aliphatic heterocycles. The van der Waals surface area contributed by atoms with E-state index in [2.05, 4.69) is 57.8 Å². The third-order valence-corrected chi connectivity index (χ3v) is 6.39. The lowest BCUT2D eigenvalue weighted by molar-refractivity contribution is 0.0827. The van der Waals surface area contributed by atoms with Crippen molar-refractivity contribution in [1.29, 1.82) is 0 Å². The predicted octanol–water partition coefficient (Wildman–Crippen LogP) is 4.29. The molecule has 186 valence electrons. The first kappa shape index (κ1) is 28.1. The molecule has 7 heteroatoms. The van der Waals surface area contributed by atoms with E-state index in [1.54, 1.807) is 26.0 Å². The van der Waals surface area contributed by atoms with Crippen molar-refractivity contribution in [3.63, 3.8) is 0 Å². The number of nitrogens with one attached hydrogen (secondary N) is 2. The lowest BCUT2D eigenvalue weighted by Gasteiger charge is -2.33. The number of halogens is 1. The zero-order valence-corrected chi connectivity index (χ0v) is 23.3. The number of carbonyl (C=O) groups excluding carboxylic acids is 1. The van der Waals surface area contributed by atoms with E-state index in [1.807, 2.05) is 18.2 Å². The molecule has 1 unspecified atom stereocenters. The molecule has 0 aliphatic carbocycles. The van der Waals surface area contributed by atoms with Gasteiger partial charge in [-0.1, -0.05) is 42.8 Å². The van der Waals surface area contributed by atoms with Gasteiger partial charge in [0.1, 0.15) is 0 Å². The molecule has 1 atom stereocenters. The predicted molar refractivity (Wildman–Crippen MR) is 152 cm³/mol. The second-order valence-corrected chi connectivity index (χ2v) is 9.09. The van der Waals surface area contributed by atoms with Crippen molar-refractivity contribution in [1.82, 2.24) is 20.4 Å². The quantitative estimate of drug-likeness (QED) is 0.279. The number of benzene rings is 2. The Labute approximate surface area is 222 Å². The minimum atomic E-state index is 0. The highest BCUT2D eigenvalue weighted by Crippen LogP contribution is 2.20. The van der Waals surface area contributed by atoms with E-state index in [4.69, 9.17) is 0 Å². The Morgan fingerprint density at radius 2 is 1.85 bits per heavy atom. The van der Waals surface area contributed by atoms with Crippen LogP contribution in [0.25, 0.3) is 0 Å². The molecule has 3 rings (SSSR count). The zero-order chi connectivity index (χ0) is 23.6. The summed E-state index contributed by atoms with van der Waals surface area (Å²) in [6.07, 6.45) is 4.76. The molecule has 6 nitrogen and oxygen atoms in total. The number of rotatable bonds is 8. The second kappa shape index (κ2) is 14.3. The van der Waals surface area contributed by atoms with Crippen LogP contribution in [-0.4, -0.2) is 61.9 Å². The fourth-order valence-corrected chi connectivity index (χ4v) is 4.34. The van der Waals surface area contributed by atoms with Gasteiger partial charge in [-0.15, -0.1) is 24.0 Å². The van der Waals surface area contributed by atoms with Gasteiger partial charge in [0.05, 0.1) is 0 Å². The van der Waals surface area contributed by atoms with Crippen molar-refractivity contribution in [2.75, 3.05) is 34.2 Å². The molecule has 0 saturated carbocycles. The van der Waals surface area contributed by atoms with Crippen molar-refractivity contribution < 1.29 is 4.79 Å². The molecule has 0 aromatic heterocycles. The monoisotopic (exact) mass is 577 g/mol. The summed E-state index contributed by atoms with van der Waals surface area (Å²) in [5, 5.41) is 6.87. The second-order valence-electron chi connectivity index (χ2n) is 9.09. The lowest BCUT2D eigenvalue weighted by atomic mass is 10.0.